The van der Waals surface area contributed by atoms with Crippen LogP contribution < -0.4 is 0 Å². The van der Waals surface area contributed by atoms with Crippen molar-refractivity contribution in [2.45, 2.75) is 50.6 Å². The van der Waals surface area contributed by atoms with Crippen molar-refractivity contribution < 1.29 is 67.4 Å². The SMILES string of the molecule is CC(C)(C)C(=O)OCC(=O)OCC(F)(F)C(F)(F)C(F)(F)C(F)(F)C(F)(F)F. The number of carbonyl (C=O) groups excluding carboxylic acids is 2. The number of ether oxygens (including phenoxy) is 2. The molecule has 0 radical (unpaired) electrons. The van der Waals surface area contributed by atoms with E-state index in [1.54, 1.807) is 0 Å². The molecule has 0 bridgehead atoms. The highest BCUT2D eigenvalue weighted by molar-refractivity contribution is 5.79. The van der Waals surface area contributed by atoms with Crippen LogP contribution in [0.2, 0.25) is 0 Å². The summed E-state index contributed by atoms with van der Waals surface area (Å²) in [6.45, 7) is -0.558. The van der Waals surface area contributed by atoms with E-state index in [2.05, 4.69) is 9.47 Å². The molecule has 0 aliphatic carbocycles. The molecule has 0 aromatic heterocycles. The normalized spacial score (nSPS) is 14.6. The smallest absolute Gasteiger partial charge is 0.456 e. The Morgan fingerprint density at radius 3 is 1.46 bits per heavy atom. The Kier molecular flexibility index (Phi) is 7.04. The highest BCUT2D eigenvalue weighted by atomic mass is 19.4. The van der Waals surface area contributed by atoms with Crippen LogP contribution in [-0.4, -0.2) is 55.0 Å². The molecule has 0 fully saturated rings. The molecule has 0 unspecified atom stereocenters. The van der Waals surface area contributed by atoms with E-state index in [9.17, 15) is 57.9 Å². The van der Waals surface area contributed by atoms with Gasteiger partial charge in [0.15, 0.2) is 13.2 Å². The highest BCUT2D eigenvalue weighted by Crippen LogP contribution is 2.57. The van der Waals surface area contributed by atoms with E-state index in [0.29, 0.717) is 0 Å². The third-order valence-corrected chi connectivity index (χ3v) is 2.95. The van der Waals surface area contributed by atoms with Crippen molar-refractivity contribution in [1.82, 2.24) is 0 Å². The standard InChI is InChI=1S/C13H13F11O4/c1-8(2,3)7(26)27-4-6(25)28-5-9(14,15)10(16,17)11(18,19)12(20,21)13(22,23)24/h4-5H2,1-3H3. The minimum Gasteiger partial charge on any atom is -0.456 e. The largest absolute Gasteiger partial charge is 0.460 e. The van der Waals surface area contributed by atoms with Crippen LogP contribution in [-0.2, 0) is 19.1 Å². The monoisotopic (exact) mass is 442 g/mol. The van der Waals surface area contributed by atoms with Crippen LogP contribution in [0.5, 0.6) is 0 Å². The summed E-state index contributed by atoms with van der Waals surface area (Å²) in [6, 6.07) is 0. The maximum absolute atomic E-state index is 13.2. The van der Waals surface area contributed by atoms with E-state index in [4.69, 9.17) is 0 Å². The first-order valence-electron chi connectivity index (χ1n) is 6.93. The maximum atomic E-state index is 13.2. The Balaban J connectivity index is 5.28. The van der Waals surface area contributed by atoms with Crippen molar-refractivity contribution in [3.63, 3.8) is 0 Å². The number of hydrogen-bond donors (Lipinski definition) is 0. The minimum absolute atomic E-state index is 1.09. The molecule has 15 heteroatoms. The molecule has 0 saturated carbocycles. The highest BCUT2D eigenvalue weighted by Gasteiger charge is 2.87. The Morgan fingerprint density at radius 1 is 0.679 bits per heavy atom. The fraction of sp³-hybridized carbons (Fsp3) is 0.846. The molecule has 4 nitrogen and oxygen atoms in total. The summed E-state index contributed by atoms with van der Waals surface area (Å²) in [4.78, 5) is 22.3. The van der Waals surface area contributed by atoms with E-state index >= 15 is 0 Å². The fourth-order valence-corrected chi connectivity index (χ4v) is 1.25. The quantitative estimate of drug-likeness (QED) is 0.438. The summed E-state index contributed by atoms with van der Waals surface area (Å²) in [6.07, 6.45) is -7.28. The summed E-state index contributed by atoms with van der Waals surface area (Å²) in [5.41, 5.74) is -1.19. The second kappa shape index (κ2) is 7.54. The van der Waals surface area contributed by atoms with Crippen LogP contribution in [0, 0.1) is 5.41 Å². The van der Waals surface area contributed by atoms with E-state index in [0.717, 1.165) is 0 Å². The molecule has 0 saturated heterocycles. The molecule has 0 rings (SSSR count). The van der Waals surface area contributed by atoms with Crippen LogP contribution in [0.1, 0.15) is 20.8 Å². The number of alkyl halides is 11. The zero-order valence-corrected chi connectivity index (χ0v) is 14.2. The number of halogens is 11. The zero-order valence-electron chi connectivity index (χ0n) is 14.2. The average Bonchev–Trinajstić information content (AvgIpc) is 2.47. The predicted molar refractivity (Wildman–Crippen MR) is 67.2 cm³/mol. The van der Waals surface area contributed by atoms with E-state index in [-0.39, 0.29) is 0 Å². The van der Waals surface area contributed by atoms with Gasteiger partial charge >= 0.3 is 41.8 Å². The molecule has 0 N–H and O–H groups in total. The summed E-state index contributed by atoms with van der Waals surface area (Å²) >= 11 is 0. The third kappa shape index (κ3) is 4.96. The van der Waals surface area contributed by atoms with Crippen molar-refractivity contribution in [2.24, 2.45) is 5.41 Å². The molecular formula is C13H13F11O4. The molecule has 0 amide bonds. The van der Waals surface area contributed by atoms with Crippen LogP contribution in [0.4, 0.5) is 48.3 Å². The molecule has 0 atom stereocenters. The van der Waals surface area contributed by atoms with Gasteiger partial charge in [-0.2, -0.15) is 48.3 Å². The number of esters is 2. The van der Waals surface area contributed by atoms with Gasteiger partial charge in [0.05, 0.1) is 5.41 Å². The number of hydrogen-bond acceptors (Lipinski definition) is 4. The number of carbonyl (C=O) groups is 2. The van der Waals surface area contributed by atoms with E-state index in [1.165, 1.54) is 20.8 Å². The Bertz CT molecular complexity index is 590. The molecule has 0 aliphatic rings. The average molecular weight is 442 g/mol. The van der Waals surface area contributed by atoms with Crippen LogP contribution in [0.3, 0.4) is 0 Å². The fourth-order valence-electron chi connectivity index (χ4n) is 1.25. The van der Waals surface area contributed by atoms with Crippen molar-refractivity contribution in [3.05, 3.63) is 0 Å². The maximum Gasteiger partial charge on any atom is 0.460 e. The first-order chi connectivity index (χ1) is 12.0. The molecule has 28 heavy (non-hydrogen) atoms. The van der Waals surface area contributed by atoms with Crippen LogP contribution >= 0.6 is 0 Å². The van der Waals surface area contributed by atoms with Gasteiger partial charge in [0.2, 0.25) is 0 Å². The summed E-state index contributed by atoms with van der Waals surface area (Å²) in [7, 11) is 0. The van der Waals surface area contributed by atoms with Crippen molar-refractivity contribution >= 4 is 11.9 Å². The van der Waals surface area contributed by atoms with Gasteiger partial charge in [-0.05, 0) is 20.8 Å². The van der Waals surface area contributed by atoms with Crippen molar-refractivity contribution in [1.29, 1.82) is 0 Å². The predicted octanol–water partition coefficient (Wildman–Crippen LogP) is 4.22. The van der Waals surface area contributed by atoms with Gasteiger partial charge in [0, 0.05) is 0 Å². The van der Waals surface area contributed by atoms with Crippen molar-refractivity contribution in [3.8, 4) is 0 Å². The number of rotatable bonds is 7. The first-order valence-corrected chi connectivity index (χ1v) is 6.93. The van der Waals surface area contributed by atoms with Crippen molar-refractivity contribution in [2.75, 3.05) is 13.2 Å². The lowest BCUT2D eigenvalue weighted by Gasteiger charge is -2.36. The molecule has 0 heterocycles. The molecular weight excluding hydrogens is 429 g/mol. The topological polar surface area (TPSA) is 52.6 Å². The zero-order chi connectivity index (χ0) is 23.0. The second-order valence-electron chi connectivity index (χ2n) is 6.41. The van der Waals surface area contributed by atoms with Gasteiger partial charge in [-0.15, -0.1) is 0 Å². The Hall–Kier alpha value is -1.83. The molecule has 166 valence electrons. The summed E-state index contributed by atoms with van der Waals surface area (Å²) in [5, 5.41) is 0. The first kappa shape index (κ1) is 26.2. The van der Waals surface area contributed by atoms with Gasteiger partial charge in [0.25, 0.3) is 0 Å². The van der Waals surface area contributed by atoms with Gasteiger partial charge in [-0.3, -0.25) is 4.79 Å². The van der Waals surface area contributed by atoms with Gasteiger partial charge in [-0.25, -0.2) is 4.79 Å². The summed E-state index contributed by atoms with van der Waals surface area (Å²) < 4.78 is 147. The van der Waals surface area contributed by atoms with E-state index in [1.807, 2.05) is 0 Å². The van der Waals surface area contributed by atoms with E-state index < -0.39 is 60.4 Å². The van der Waals surface area contributed by atoms with Crippen LogP contribution in [0.15, 0.2) is 0 Å². The summed E-state index contributed by atoms with van der Waals surface area (Å²) in [5.74, 6) is -31.8. The molecule has 0 aliphatic heterocycles. The molecule has 0 spiro atoms. The molecule has 0 aromatic carbocycles. The Morgan fingerprint density at radius 2 is 1.11 bits per heavy atom. The van der Waals surface area contributed by atoms with Gasteiger partial charge < -0.3 is 9.47 Å². The second-order valence-corrected chi connectivity index (χ2v) is 6.41. The third-order valence-electron chi connectivity index (χ3n) is 2.95. The lowest BCUT2D eigenvalue weighted by Crippen LogP contribution is -2.67. The minimum atomic E-state index is -7.59. The van der Waals surface area contributed by atoms with Gasteiger partial charge in [0.1, 0.15) is 0 Å². The lowest BCUT2D eigenvalue weighted by molar-refractivity contribution is -0.423. The van der Waals surface area contributed by atoms with Gasteiger partial charge in [-0.1, -0.05) is 0 Å². The van der Waals surface area contributed by atoms with Crippen LogP contribution in [0.25, 0.3) is 0 Å². The lowest BCUT2D eigenvalue weighted by atomic mass is 9.97. The Labute approximate surface area is 149 Å². The molecule has 0 aromatic rings.